The molecule has 1 aliphatic heterocycles. The monoisotopic (exact) mass is 227 g/mol. The predicted molar refractivity (Wildman–Crippen MR) is 58.3 cm³/mol. The van der Waals surface area contributed by atoms with Crippen molar-refractivity contribution in [2.45, 2.75) is 18.8 Å². The molecule has 1 aromatic carbocycles. The highest BCUT2D eigenvalue weighted by Crippen LogP contribution is 2.41. The smallest absolute Gasteiger partial charge is 0.276 e. The largest absolute Gasteiger partial charge is 0.399 e. The second-order valence-electron chi connectivity index (χ2n) is 4.14. The maximum absolute atomic E-state index is 14.1. The summed E-state index contributed by atoms with van der Waals surface area (Å²) < 4.78 is 33.3. The Morgan fingerprint density at radius 2 is 1.94 bits per heavy atom. The summed E-state index contributed by atoms with van der Waals surface area (Å²) in [6.07, 6.45) is 0.809. The lowest BCUT2D eigenvalue weighted by molar-refractivity contribution is -0.102. The van der Waals surface area contributed by atoms with Gasteiger partial charge in [0, 0.05) is 30.4 Å². The zero-order valence-electron chi connectivity index (χ0n) is 8.96. The van der Waals surface area contributed by atoms with E-state index in [9.17, 15) is 8.78 Å². The summed E-state index contributed by atoms with van der Waals surface area (Å²) in [6.45, 7) is 0.838. The van der Waals surface area contributed by atoms with E-state index in [-0.39, 0.29) is 5.56 Å². The number of hydrogen-bond donors (Lipinski definition) is 1. The van der Waals surface area contributed by atoms with Crippen molar-refractivity contribution in [3.8, 4) is 0 Å². The Hall–Kier alpha value is -1.16. The first-order chi connectivity index (χ1) is 7.60. The van der Waals surface area contributed by atoms with Gasteiger partial charge in [0.1, 0.15) is 0 Å². The van der Waals surface area contributed by atoms with Crippen LogP contribution in [0.1, 0.15) is 18.4 Å². The van der Waals surface area contributed by atoms with E-state index in [1.54, 1.807) is 12.1 Å². The molecule has 0 bridgehead atoms. The minimum absolute atomic E-state index is 0.0133. The van der Waals surface area contributed by atoms with Gasteiger partial charge in [-0.2, -0.15) is 0 Å². The van der Waals surface area contributed by atoms with Crippen molar-refractivity contribution in [1.82, 2.24) is 0 Å². The minimum Gasteiger partial charge on any atom is -0.399 e. The van der Waals surface area contributed by atoms with Crippen molar-refractivity contribution in [3.63, 3.8) is 0 Å². The van der Waals surface area contributed by atoms with Crippen LogP contribution in [0.25, 0.3) is 0 Å². The predicted octanol–water partition coefficient (Wildman–Crippen LogP) is 2.79. The van der Waals surface area contributed by atoms with Crippen LogP contribution in [0.15, 0.2) is 24.3 Å². The number of hydrogen-bond acceptors (Lipinski definition) is 2. The summed E-state index contributed by atoms with van der Waals surface area (Å²) in [5.41, 5.74) is 5.92. The lowest BCUT2D eigenvalue weighted by atomic mass is 9.88. The summed E-state index contributed by atoms with van der Waals surface area (Å²) in [4.78, 5) is 0. The number of rotatable bonds is 2. The Labute approximate surface area is 93.4 Å². The van der Waals surface area contributed by atoms with Gasteiger partial charge >= 0.3 is 0 Å². The van der Waals surface area contributed by atoms with Crippen LogP contribution in [0.3, 0.4) is 0 Å². The first-order valence-electron chi connectivity index (χ1n) is 5.42. The molecule has 0 unspecified atom stereocenters. The van der Waals surface area contributed by atoms with Gasteiger partial charge < -0.3 is 10.5 Å². The standard InChI is InChI=1S/C12H15F2NO/c13-12(14,9-4-6-16-7-5-9)10-2-1-3-11(15)8-10/h1-3,8-9H,4-7,15H2. The fourth-order valence-electron chi connectivity index (χ4n) is 2.04. The lowest BCUT2D eigenvalue weighted by Gasteiger charge is -2.30. The third-order valence-corrected chi connectivity index (χ3v) is 3.01. The van der Waals surface area contributed by atoms with Crippen molar-refractivity contribution in [2.24, 2.45) is 5.92 Å². The van der Waals surface area contributed by atoms with E-state index in [0.717, 1.165) is 0 Å². The molecule has 0 atom stereocenters. The molecule has 1 fully saturated rings. The third-order valence-electron chi connectivity index (χ3n) is 3.01. The van der Waals surface area contributed by atoms with Gasteiger partial charge in [-0.3, -0.25) is 0 Å². The first kappa shape index (κ1) is 11.3. The molecule has 0 saturated carbocycles. The van der Waals surface area contributed by atoms with Gasteiger partial charge in [0.05, 0.1) is 0 Å². The molecule has 0 aromatic heterocycles. The van der Waals surface area contributed by atoms with Crippen molar-refractivity contribution < 1.29 is 13.5 Å². The number of halogens is 2. The Kier molecular flexibility index (Phi) is 3.10. The van der Waals surface area contributed by atoms with Crippen molar-refractivity contribution in [2.75, 3.05) is 18.9 Å². The van der Waals surface area contributed by atoms with Gasteiger partial charge in [0.2, 0.25) is 0 Å². The number of alkyl halides is 2. The highest BCUT2D eigenvalue weighted by Gasteiger charge is 2.41. The molecule has 1 aromatic rings. The summed E-state index contributed by atoms with van der Waals surface area (Å²) in [7, 11) is 0. The molecule has 0 radical (unpaired) electrons. The molecule has 2 N–H and O–H groups in total. The van der Waals surface area contributed by atoms with Gasteiger partial charge in [-0.1, -0.05) is 12.1 Å². The SMILES string of the molecule is Nc1cccc(C(F)(F)C2CCOCC2)c1. The Morgan fingerprint density at radius 3 is 2.56 bits per heavy atom. The summed E-state index contributed by atoms with van der Waals surface area (Å²) >= 11 is 0. The average Bonchev–Trinajstić information content (AvgIpc) is 2.30. The van der Waals surface area contributed by atoms with E-state index in [1.165, 1.54) is 12.1 Å². The molecule has 1 heterocycles. The second kappa shape index (κ2) is 4.37. The van der Waals surface area contributed by atoms with Crippen molar-refractivity contribution in [3.05, 3.63) is 29.8 Å². The van der Waals surface area contributed by atoms with Crippen LogP contribution in [-0.2, 0) is 10.7 Å². The summed E-state index contributed by atoms with van der Waals surface area (Å²) in [5.74, 6) is -3.44. The topological polar surface area (TPSA) is 35.2 Å². The summed E-state index contributed by atoms with van der Waals surface area (Å²) in [6, 6.07) is 5.97. The van der Waals surface area contributed by atoms with Crippen LogP contribution < -0.4 is 5.73 Å². The number of nitrogen functional groups attached to an aromatic ring is 1. The van der Waals surface area contributed by atoms with E-state index in [4.69, 9.17) is 10.5 Å². The summed E-state index contributed by atoms with van der Waals surface area (Å²) in [5, 5.41) is 0. The van der Waals surface area contributed by atoms with Crippen LogP contribution in [0.2, 0.25) is 0 Å². The van der Waals surface area contributed by atoms with E-state index >= 15 is 0 Å². The Morgan fingerprint density at radius 1 is 1.25 bits per heavy atom. The van der Waals surface area contributed by atoms with E-state index in [0.29, 0.717) is 31.7 Å². The molecular formula is C12H15F2NO. The van der Waals surface area contributed by atoms with E-state index in [2.05, 4.69) is 0 Å². The molecule has 88 valence electrons. The molecular weight excluding hydrogens is 212 g/mol. The van der Waals surface area contributed by atoms with Gasteiger partial charge in [0.15, 0.2) is 0 Å². The maximum atomic E-state index is 14.1. The van der Waals surface area contributed by atoms with Gasteiger partial charge in [-0.05, 0) is 25.0 Å². The third kappa shape index (κ3) is 2.16. The number of ether oxygens (including phenoxy) is 1. The van der Waals surface area contributed by atoms with Crippen LogP contribution in [0.4, 0.5) is 14.5 Å². The van der Waals surface area contributed by atoms with Gasteiger partial charge in [-0.15, -0.1) is 0 Å². The zero-order chi connectivity index (χ0) is 11.6. The highest BCUT2D eigenvalue weighted by atomic mass is 19.3. The Bertz CT molecular complexity index is 362. The molecule has 0 spiro atoms. The number of anilines is 1. The maximum Gasteiger partial charge on any atom is 0.276 e. The second-order valence-corrected chi connectivity index (χ2v) is 4.14. The van der Waals surface area contributed by atoms with Gasteiger partial charge in [-0.25, -0.2) is 8.78 Å². The zero-order valence-corrected chi connectivity index (χ0v) is 8.96. The molecule has 4 heteroatoms. The molecule has 2 nitrogen and oxygen atoms in total. The average molecular weight is 227 g/mol. The lowest BCUT2D eigenvalue weighted by Crippen LogP contribution is -2.31. The first-order valence-corrected chi connectivity index (χ1v) is 5.42. The quantitative estimate of drug-likeness (QED) is 0.788. The molecule has 2 rings (SSSR count). The molecule has 16 heavy (non-hydrogen) atoms. The van der Waals surface area contributed by atoms with Crippen molar-refractivity contribution >= 4 is 5.69 Å². The van der Waals surface area contributed by atoms with Crippen LogP contribution in [0.5, 0.6) is 0 Å². The molecule has 0 amide bonds. The van der Waals surface area contributed by atoms with Crippen molar-refractivity contribution in [1.29, 1.82) is 0 Å². The fourth-order valence-corrected chi connectivity index (χ4v) is 2.04. The molecule has 1 aliphatic rings. The van der Waals surface area contributed by atoms with Crippen LogP contribution in [0, 0.1) is 5.92 Å². The highest BCUT2D eigenvalue weighted by molar-refractivity contribution is 5.42. The Balaban J connectivity index is 2.22. The normalized spacial score (nSPS) is 18.6. The van der Waals surface area contributed by atoms with Crippen LogP contribution in [-0.4, -0.2) is 13.2 Å². The minimum atomic E-state index is -2.81. The number of benzene rings is 1. The molecule has 0 aliphatic carbocycles. The van der Waals surface area contributed by atoms with Crippen LogP contribution >= 0.6 is 0 Å². The molecule has 1 saturated heterocycles. The van der Waals surface area contributed by atoms with Gasteiger partial charge in [0.25, 0.3) is 5.92 Å². The van der Waals surface area contributed by atoms with E-state index in [1.807, 2.05) is 0 Å². The fraction of sp³-hybridized carbons (Fsp3) is 0.500. The van der Waals surface area contributed by atoms with E-state index < -0.39 is 11.8 Å². The number of nitrogens with two attached hydrogens (primary N) is 1.